The Kier molecular flexibility index (Phi) is 5.65. The fraction of sp³-hybridized carbons (Fsp3) is 0.500. The molecule has 0 aliphatic heterocycles. The number of rotatable bonds is 7. The van der Waals surface area contributed by atoms with E-state index >= 15 is 0 Å². The number of imidazole rings is 1. The van der Waals surface area contributed by atoms with Gasteiger partial charge in [0.05, 0.1) is 12.3 Å². The Morgan fingerprint density at radius 1 is 1.44 bits per heavy atom. The highest BCUT2D eigenvalue weighted by molar-refractivity contribution is 5.79. The van der Waals surface area contributed by atoms with Crippen LogP contribution in [0.5, 0.6) is 5.88 Å². The predicted molar refractivity (Wildman–Crippen MR) is 92.3 cm³/mol. The number of nitrogens with one attached hydrogen (secondary N) is 2. The first-order valence-corrected chi connectivity index (χ1v) is 8.55. The van der Waals surface area contributed by atoms with Crippen LogP contribution < -0.4 is 10.1 Å². The van der Waals surface area contributed by atoms with Gasteiger partial charge in [0, 0.05) is 43.4 Å². The van der Waals surface area contributed by atoms with Crippen molar-refractivity contribution in [3.8, 4) is 5.88 Å². The Morgan fingerprint density at radius 3 is 3.16 bits per heavy atom. The van der Waals surface area contributed by atoms with E-state index in [0.717, 1.165) is 35.6 Å². The molecule has 0 saturated carbocycles. The largest absolute Gasteiger partial charge is 0.475 e. The fourth-order valence-electron chi connectivity index (χ4n) is 3.08. The minimum atomic E-state index is -0.0260. The summed E-state index contributed by atoms with van der Waals surface area (Å²) in [6.45, 7) is 3.27. The van der Waals surface area contributed by atoms with Crippen LogP contribution in [-0.4, -0.2) is 41.2 Å². The second-order valence-electron chi connectivity index (χ2n) is 6.21. The topological polar surface area (TPSA) is 89.1 Å². The lowest BCUT2D eigenvalue weighted by molar-refractivity contribution is -0.125. The number of hydrogen-bond donors (Lipinski definition) is 2. The van der Waals surface area contributed by atoms with E-state index in [2.05, 4.69) is 20.3 Å². The highest BCUT2D eigenvalue weighted by atomic mass is 16.5. The monoisotopic (exact) mass is 344 g/mol. The number of pyridine rings is 1. The quantitative estimate of drug-likeness (QED) is 0.744. The van der Waals surface area contributed by atoms with E-state index in [9.17, 15) is 4.79 Å². The summed E-state index contributed by atoms with van der Waals surface area (Å²) in [5, 5.41) is 3.01. The first-order valence-electron chi connectivity index (χ1n) is 8.55. The standard InChI is InChI=1S/C18H24N4O3/c1-12-21-15-6-5-13(10-16(15)22-12)17(23)20-11-14-4-3-7-19-18(14)25-9-8-24-2/h3-4,7,13H,5-6,8-11H2,1-2H3,(H,20,23)(H,21,22)/t13-/m0/s1. The van der Waals surface area contributed by atoms with Crippen LogP contribution >= 0.6 is 0 Å². The number of ether oxygens (including phenoxy) is 2. The number of fused-ring (bicyclic) bond motifs is 1. The molecule has 0 spiro atoms. The molecule has 0 saturated heterocycles. The van der Waals surface area contributed by atoms with E-state index in [1.807, 2.05) is 19.1 Å². The highest BCUT2D eigenvalue weighted by Crippen LogP contribution is 2.24. The average molecular weight is 344 g/mol. The van der Waals surface area contributed by atoms with Crippen molar-refractivity contribution in [2.24, 2.45) is 5.92 Å². The van der Waals surface area contributed by atoms with Gasteiger partial charge in [-0.1, -0.05) is 6.07 Å². The van der Waals surface area contributed by atoms with E-state index in [1.54, 1.807) is 13.3 Å². The molecule has 2 aromatic rings. The van der Waals surface area contributed by atoms with Gasteiger partial charge in [0.25, 0.3) is 0 Å². The number of aromatic nitrogens is 3. The maximum absolute atomic E-state index is 12.5. The molecule has 25 heavy (non-hydrogen) atoms. The summed E-state index contributed by atoms with van der Waals surface area (Å²) in [4.78, 5) is 24.5. The van der Waals surface area contributed by atoms with Crippen LogP contribution in [0.4, 0.5) is 0 Å². The Labute approximate surface area is 147 Å². The van der Waals surface area contributed by atoms with Gasteiger partial charge in [0.2, 0.25) is 11.8 Å². The summed E-state index contributed by atoms with van der Waals surface area (Å²) in [5.74, 6) is 1.49. The van der Waals surface area contributed by atoms with Crippen molar-refractivity contribution < 1.29 is 14.3 Å². The minimum absolute atomic E-state index is 0.0260. The zero-order valence-electron chi connectivity index (χ0n) is 14.7. The Hall–Kier alpha value is -2.41. The van der Waals surface area contributed by atoms with Crippen molar-refractivity contribution in [1.82, 2.24) is 20.3 Å². The van der Waals surface area contributed by atoms with Gasteiger partial charge in [-0.05, 0) is 25.8 Å². The summed E-state index contributed by atoms with van der Waals surface area (Å²) in [5.41, 5.74) is 3.05. The molecule has 1 amide bonds. The normalized spacial score (nSPS) is 16.3. The number of methoxy groups -OCH3 is 1. The minimum Gasteiger partial charge on any atom is -0.475 e. The predicted octanol–water partition coefficient (Wildman–Crippen LogP) is 1.56. The van der Waals surface area contributed by atoms with Crippen LogP contribution in [-0.2, 0) is 28.9 Å². The second-order valence-corrected chi connectivity index (χ2v) is 6.21. The average Bonchev–Trinajstić information content (AvgIpc) is 3.00. The number of H-pyrrole nitrogens is 1. The first-order chi connectivity index (χ1) is 12.2. The number of nitrogens with zero attached hydrogens (tertiary/aromatic N) is 2. The first kappa shape index (κ1) is 17.4. The molecule has 0 unspecified atom stereocenters. The SMILES string of the molecule is COCCOc1ncccc1CNC(=O)[C@H]1CCc2nc(C)[nH]c2C1. The molecule has 0 aromatic carbocycles. The van der Waals surface area contributed by atoms with Gasteiger partial charge < -0.3 is 19.8 Å². The zero-order valence-corrected chi connectivity index (χ0v) is 14.7. The molecular weight excluding hydrogens is 320 g/mol. The number of carbonyl (C=O) groups excluding carboxylic acids is 1. The molecule has 0 radical (unpaired) electrons. The molecule has 2 N–H and O–H groups in total. The fourth-order valence-corrected chi connectivity index (χ4v) is 3.08. The molecule has 7 nitrogen and oxygen atoms in total. The molecule has 1 aliphatic rings. The third-order valence-corrected chi connectivity index (χ3v) is 4.36. The maximum Gasteiger partial charge on any atom is 0.223 e. The summed E-state index contributed by atoms with van der Waals surface area (Å²) >= 11 is 0. The van der Waals surface area contributed by atoms with Crippen molar-refractivity contribution in [2.45, 2.75) is 32.7 Å². The van der Waals surface area contributed by atoms with Crippen molar-refractivity contribution >= 4 is 5.91 Å². The number of amides is 1. The second kappa shape index (κ2) is 8.11. The number of hydrogen-bond acceptors (Lipinski definition) is 5. The lowest BCUT2D eigenvalue weighted by Gasteiger charge is -2.21. The molecule has 0 bridgehead atoms. The molecule has 1 aliphatic carbocycles. The van der Waals surface area contributed by atoms with Crippen molar-refractivity contribution in [2.75, 3.05) is 20.3 Å². The third kappa shape index (κ3) is 4.36. The van der Waals surface area contributed by atoms with E-state index in [1.165, 1.54) is 0 Å². The summed E-state index contributed by atoms with van der Waals surface area (Å²) < 4.78 is 10.6. The molecule has 2 heterocycles. The molecule has 2 aromatic heterocycles. The van der Waals surface area contributed by atoms with Gasteiger partial charge in [-0.3, -0.25) is 4.79 Å². The van der Waals surface area contributed by atoms with Crippen LogP contribution in [0.2, 0.25) is 0 Å². The van der Waals surface area contributed by atoms with Crippen LogP contribution in [0.25, 0.3) is 0 Å². The summed E-state index contributed by atoms with van der Waals surface area (Å²) in [6.07, 6.45) is 4.06. The van der Waals surface area contributed by atoms with Crippen LogP contribution in [0.3, 0.4) is 0 Å². The van der Waals surface area contributed by atoms with Crippen LogP contribution in [0.15, 0.2) is 18.3 Å². The van der Waals surface area contributed by atoms with E-state index in [-0.39, 0.29) is 11.8 Å². The van der Waals surface area contributed by atoms with Gasteiger partial charge in [-0.2, -0.15) is 0 Å². The maximum atomic E-state index is 12.5. The lowest BCUT2D eigenvalue weighted by atomic mass is 9.89. The Balaban J connectivity index is 1.56. The van der Waals surface area contributed by atoms with Gasteiger partial charge in [-0.25, -0.2) is 9.97 Å². The summed E-state index contributed by atoms with van der Waals surface area (Å²) in [6, 6.07) is 3.75. The summed E-state index contributed by atoms with van der Waals surface area (Å²) in [7, 11) is 1.62. The highest BCUT2D eigenvalue weighted by Gasteiger charge is 2.26. The van der Waals surface area contributed by atoms with Gasteiger partial charge in [0.15, 0.2) is 0 Å². The van der Waals surface area contributed by atoms with Gasteiger partial charge in [0.1, 0.15) is 12.4 Å². The van der Waals surface area contributed by atoms with Gasteiger partial charge >= 0.3 is 0 Å². The molecule has 1 atom stereocenters. The van der Waals surface area contributed by atoms with E-state index in [0.29, 0.717) is 32.1 Å². The Bertz CT molecular complexity index is 729. The zero-order chi connectivity index (χ0) is 17.6. The lowest BCUT2D eigenvalue weighted by Crippen LogP contribution is -2.34. The molecule has 3 rings (SSSR count). The van der Waals surface area contributed by atoms with Crippen molar-refractivity contribution in [3.63, 3.8) is 0 Å². The van der Waals surface area contributed by atoms with Crippen LogP contribution in [0, 0.1) is 12.8 Å². The van der Waals surface area contributed by atoms with E-state index < -0.39 is 0 Å². The Morgan fingerprint density at radius 2 is 2.32 bits per heavy atom. The van der Waals surface area contributed by atoms with E-state index in [4.69, 9.17) is 9.47 Å². The molecule has 0 fully saturated rings. The number of aryl methyl sites for hydroxylation is 2. The molecular formula is C18H24N4O3. The third-order valence-electron chi connectivity index (χ3n) is 4.36. The number of carbonyl (C=O) groups is 1. The molecule has 7 heteroatoms. The smallest absolute Gasteiger partial charge is 0.223 e. The number of aromatic amines is 1. The van der Waals surface area contributed by atoms with Crippen LogP contribution in [0.1, 0.15) is 29.2 Å². The van der Waals surface area contributed by atoms with Gasteiger partial charge in [-0.15, -0.1) is 0 Å². The van der Waals surface area contributed by atoms with Crippen molar-refractivity contribution in [3.05, 3.63) is 41.1 Å². The van der Waals surface area contributed by atoms with Crippen molar-refractivity contribution in [1.29, 1.82) is 0 Å². The molecule has 134 valence electrons.